The summed E-state index contributed by atoms with van der Waals surface area (Å²) in [6.07, 6.45) is 5.56. The van der Waals surface area contributed by atoms with Crippen molar-refractivity contribution in [3.8, 4) is 0 Å². The van der Waals surface area contributed by atoms with Gasteiger partial charge in [0, 0.05) is 23.7 Å². The molecule has 3 nitrogen and oxygen atoms in total. The number of aromatic nitrogens is 2. The van der Waals surface area contributed by atoms with E-state index < -0.39 is 0 Å². The highest BCUT2D eigenvalue weighted by Gasteiger charge is 2.41. The number of hydrogen-bond acceptors (Lipinski definition) is 3. The molecule has 0 saturated heterocycles. The minimum absolute atomic E-state index is 0.625. The number of fused-ring (bicyclic) bond motifs is 2. The maximum atomic E-state index is 4.80. The van der Waals surface area contributed by atoms with Crippen LogP contribution in [-0.4, -0.2) is 16.5 Å². The van der Waals surface area contributed by atoms with E-state index in [4.69, 9.17) is 9.97 Å². The summed E-state index contributed by atoms with van der Waals surface area (Å²) in [5, 5.41) is 3.37. The second-order valence-corrected chi connectivity index (χ2v) is 5.95. The molecule has 2 aliphatic carbocycles. The number of anilines is 1. The first-order valence-corrected chi connectivity index (χ1v) is 7.28. The summed E-state index contributed by atoms with van der Waals surface area (Å²) < 4.78 is 0. The normalized spacial score (nSPS) is 29.8. The van der Waals surface area contributed by atoms with E-state index >= 15 is 0 Å². The molecule has 0 aromatic carbocycles. The monoisotopic (exact) mass is 245 g/mol. The van der Waals surface area contributed by atoms with Gasteiger partial charge in [-0.2, -0.15) is 0 Å². The lowest BCUT2D eigenvalue weighted by Gasteiger charge is -2.22. The highest BCUT2D eigenvalue weighted by Crippen LogP contribution is 2.52. The van der Waals surface area contributed by atoms with Crippen molar-refractivity contribution in [3.05, 3.63) is 17.1 Å². The molecule has 18 heavy (non-hydrogen) atoms. The van der Waals surface area contributed by atoms with E-state index in [2.05, 4.69) is 26.1 Å². The third-order valence-corrected chi connectivity index (χ3v) is 4.82. The van der Waals surface area contributed by atoms with E-state index in [0.29, 0.717) is 5.92 Å². The Hall–Kier alpha value is -1.12. The molecule has 1 heterocycles. The van der Waals surface area contributed by atoms with Crippen LogP contribution in [0.2, 0.25) is 0 Å². The maximum Gasteiger partial charge on any atom is 0.134 e. The number of hydrogen-bond donors (Lipinski definition) is 1. The lowest BCUT2D eigenvalue weighted by molar-refractivity contribution is 0.405. The molecule has 2 bridgehead atoms. The summed E-state index contributed by atoms with van der Waals surface area (Å²) >= 11 is 0. The van der Waals surface area contributed by atoms with E-state index in [0.717, 1.165) is 35.7 Å². The molecule has 3 unspecified atom stereocenters. The lowest BCUT2D eigenvalue weighted by atomic mass is 9.88. The molecule has 98 valence electrons. The standard InChI is InChI=1S/C15H23N3/c1-4-16-14-9(2)10(3)17-15(18-14)13-8-11-5-6-12(13)7-11/h11-13H,4-8H2,1-3H3,(H,16,17,18). The summed E-state index contributed by atoms with van der Waals surface area (Å²) in [6, 6.07) is 0. The first-order chi connectivity index (χ1) is 8.69. The highest BCUT2D eigenvalue weighted by atomic mass is 15.0. The predicted molar refractivity (Wildman–Crippen MR) is 73.9 cm³/mol. The highest BCUT2D eigenvalue weighted by molar-refractivity contribution is 5.45. The van der Waals surface area contributed by atoms with Gasteiger partial charge < -0.3 is 5.32 Å². The Balaban J connectivity index is 1.92. The molecule has 2 saturated carbocycles. The molecule has 0 aliphatic heterocycles. The van der Waals surface area contributed by atoms with Crippen LogP contribution in [0, 0.1) is 25.7 Å². The van der Waals surface area contributed by atoms with Gasteiger partial charge >= 0.3 is 0 Å². The van der Waals surface area contributed by atoms with Gasteiger partial charge in [0.05, 0.1) is 0 Å². The van der Waals surface area contributed by atoms with Crippen molar-refractivity contribution in [1.82, 2.24) is 9.97 Å². The van der Waals surface area contributed by atoms with E-state index in [9.17, 15) is 0 Å². The van der Waals surface area contributed by atoms with Crippen molar-refractivity contribution < 1.29 is 0 Å². The molecule has 2 aliphatic rings. The molecule has 3 rings (SSSR count). The molecule has 2 fully saturated rings. The average Bonchev–Trinajstić information content (AvgIpc) is 2.97. The maximum absolute atomic E-state index is 4.80. The summed E-state index contributed by atoms with van der Waals surface area (Å²) in [5.41, 5.74) is 2.34. The van der Waals surface area contributed by atoms with Crippen molar-refractivity contribution in [3.63, 3.8) is 0 Å². The van der Waals surface area contributed by atoms with Crippen LogP contribution in [0.25, 0.3) is 0 Å². The fourth-order valence-corrected chi connectivity index (χ4v) is 3.72. The molecule has 3 heteroatoms. The smallest absolute Gasteiger partial charge is 0.134 e. The first kappa shape index (κ1) is 11.9. The van der Waals surface area contributed by atoms with E-state index in [1.165, 1.54) is 31.2 Å². The molecule has 1 N–H and O–H groups in total. The Morgan fingerprint density at radius 1 is 1.17 bits per heavy atom. The van der Waals surface area contributed by atoms with Crippen molar-refractivity contribution >= 4 is 5.82 Å². The van der Waals surface area contributed by atoms with Gasteiger partial charge in [-0.15, -0.1) is 0 Å². The first-order valence-electron chi connectivity index (χ1n) is 7.28. The van der Waals surface area contributed by atoms with E-state index in [-0.39, 0.29) is 0 Å². The molecule has 0 radical (unpaired) electrons. The van der Waals surface area contributed by atoms with Crippen molar-refractivity contribution in [2.75, 3.05) is 11.9 Å². The van der Waals surface area contributed by atoms with Gasteiger partial charge in [0.2, 0.25) is 0 Å². The molecule has 1 aromatic rings. The van der Waals surface area contributed by atoms with Crippen LogP contribution in [0.5, 0.6) is 0 Å². The Morgan fingerprint density at radius 2 is 2.00 bits per heavy atom. The van der Waals surface area contributed by atoms with Crippen LogP contribution in [0.1, 0.15) is 55.6 Å². The largest absolute Gasteiger partial charge is 0.370 e. The number of aryl methyl sites for hydroxylation is 1. The van der Waals surface area contributed by atoms with Gasteiger partial charge in [-0.1, -0.05) is 6.42 Å². The Kier molecular flexibility index (Phi) is 3.00. The molecular formula is C15H23N3. The minimum atomic E-state index is 0.625. The summed E-state index contributed by atoms with van der Waals surface area (Å²) in [7, 11) is 0. The zero-order chi connectivity index (χ0) is 12.7. The predicted octanol–water partition coefficient (Wildman–Crippen LogP) is 3.43. The zero-order valence-electron chi connectivity index (χ0n) is 11.7. The Morgan fingerprint density at radius 3 is 2.61 bits per heavy atom. The van der Waals surface area contributed by atoms with Gasteiger partial charge in [0.15, 0.2) is 0 Å². The van der Waals surface area contributed by atoms with Crippen molar-refractivity contribution in [2.45, 2.75) is 52.4 Å². The SMILES string of the molecule is CCNc1nc(C2CC3CCC2C3)nc(C)c1C. The fraction of sp³-hybridized carbons (Fsp3) is 0.733. The molecular weight excluding hydrogens is 222 g/mol. The molecule has 0 amide bonds. The minimum Gasteiger partial charge on any atom is -0.370 e. The van der Waals surface area contributed by atoms with Gasteiger partial charge in [0.1, 0.15) is 11.6 Å². The number of rotatable bonds is 3. The molecule has 0 spiro atoms. The van der Waals surface area contributed by atoms with Gasteiger partial charge in [-0.3, -0.25) is 0 Å². The summed E-state index contributed by atoms with van der Waals surface area (Å²) in [6.45, 7) is 7.26. The van der Waals surface area contributed by atoms with E-state index in [1.807, 2.05) is 0 Å². The van der Waals surface area contributed by atoms with Crippen LogP contribution in [0.4, 0.5) is 5.82 Å². The molecule has 1 aromatic heterocycles. The third kappa shape index (κ3) is 1.90. The van der Waals surface area contributed by atoms with E-state index in [1.54, 1.807) is 0 Å². The average molecular weight is 245 g/mol. The van der Waals surface area contributed by atoms with Crippen molar-refractivity contribution in [1.29, 1.82) is 0 Å². The Bertz CT molecular complexity index is 455. The van der Waals surface area contributed by atoms with Crippen LogP contribution >= 0.6 is 0 Å². The molecule has 3 atom stereocenters. The van der Waals surface area contributed by atoms with Crippen LogP contribution in [0.15, 0.2) is 0 Å². The quantitative estimate of drug-likeness (QED) is 0.886. The third-order valence-electron chi connectivity index (χ3n) is 4.82. The topological polar surface area (TPSA) is 37.8 Å². The number of nitrogens with one attached hydrogen (secondary N) is 1. The zero-order valence-corrected chi connectivity index (χ0v) is 11.7. The fourth-order valence-electron chi connectivity index (χ4n) is 3.72. The second-order valence-electron chi connectivity index (χ2n) is 5.95. The summed E-state index contributed by atoms with van der Waals surface area (Å²) in [4.78, 5) is 9.57. The lowest BCUT2D eigenvalue weighted by Crippen LogP contribution is -2.15. The Labute approximate surface area is 109 Å². The van der Waals surface area contributed by atoms with Gasteiger partial charge in [-0.25, -0.2) is 9.97 Å². The van der Waals surface area contributed by atoms with Crippen LogP contribution in [-0.2, 0) is 0 Å². The van der Waals surface area contributed by atoms with Crippen LogP contribution in [0.3, 0.4) is 0 Å². The van der Waals surface area contributed by atoms with Crippen molar-refractivity contribution in [2.24, 2.45) is 11.8 Å². The number of nitrogens with zero attached hydrogens (tertiary/aromatic N) is 2. The van der Waals surface area contributed by atoms with Gasteiger partial charge in [-0.05, 0) is 51.9 Å². The van der Waals surface area contributed by atoms with Crippen LogP contribution < -0.4 is 5.32 Å². The summed E-state index contributed by atoms with van der Waals surface area (Å²) in [5.74, 6) is 4.57. The van der Waals surface area contributed by atoms with Gasteiger partial charge in [0.25, 0.3) is 0 Å². The second kappa shape index (κ2) is 4.52.